The summed E-state index contributed by atoms with van der Waals surface area (Å²) >= 11 is 0. The van der Waals surface area contributed by atoms with Crippen LogP contribution >= 0.6 is 0 Å². The van der Waals surface area contributed by atoms with Crippen LogP contribution in [0.2, 0.25) is 0 Å². The maximum absolute atomic E-state index is 12.9. The Hall–Kier alpha value is -3.51. The molecule has 1 amide bonds. The zero-order valence-corrected chi connectivity index (χ0v) is 15.4. The minimum atomic E-state index is -4.75. The maximum atomic E-state index is 12.9. The average molecular weight is 442 g/mol. The molecule has 3 aromatic rings. The van der Waals surface area contributed by atoms with Gasteiger partial charge in [0.15, 0.2) is 5.69 Å². The topological polar surface area (TPSA) is 85.6 Å². The second-order valence-corrected chi connectivity index (χ2v) is 6.72. The predicted octanol–water partition coefficient (Wildman–Crippen LogP) is 3.51. The summed E-state index contributed by atoms with van der Waals surface area (Å²) in [6.45, 7) is 0. The largest absolute Gasteiger partial charge is 0.434 e. The molecule has 3 heterocycles. The van der Waals surface area contributed by atoms with E-state index in [4.69, 9.17) is 0 Å². The van der Waals surface area contributed by atoms with E-state index < -0.39 is 41.4 Å². The number of carbonyl (C=O) groups is 1. The molecule has 3 aromatic heterocycles. The first-order valence-corrected chi connectivity index (χ1v) is 8.84. The fourth-order valence-corrected chi connectivity index (χ4v) is 3.19. The Bertz CT molecular complexity index is 1140. The third kappa shape index (κ3) is 4.20. The summed E-state index contributed by atoms with van der Waals surface area (Å²) in [4.78, 5) is 22.4. The molecule has 0 bridgehead atoms. The van der Waals surface area contributed by atoms with Crippen LogP contribution in [0.25, 0.3) is 5.69 Å². The van der Waals surface area contributed by atoms with Gasteiger partial charge in [-0.2, -0.15) is 31.4 Å². The first kappa shape index (κ1) is 20.8. The molecule has 7 nitrogen and oxygen atoms in total. The van der Waals surface area contributed by atoms with Crippen molar-refractivity contribution in [2.24, 2.45) is 0 Å². The number of nitrogens with zero attached hydrogens (tertiary/aromatic N) is 5. The second kappa shape index (κ2) is 7.32. The van der Waals surface area contributed by atoms with Crippen LogP contribution in [0.5, 0.6) is 0 Å². The van der Waals surface area contributed by atoms with Crippen molar-refractivity contribution in [2.45, 2.75) is 31.2 Å². The molecule has 4 rings (SSSR count). The van der Waals surface area contributed by atoms with Gasteiger partial charge in [0.25, 0.3) is 5.91 Å². The minimum Gasteiger partial charge on any atom is -0.344 e. The van der Waals surface area contributed by atoms with Crippen molar-refractivity contribution in [1.29, 1.82) is 0 Å². The summed E-state index contributed by atoms with van der Waals surface area (Å²) in [6, 6.07) is 1.61. The number of halogens is 6. The molecule has 0 saturated carbocycles. The van der Waals surface area contributed by atoms with Crippen LogP contribution in [0.3, 0.4) is 0 Å². The quantitative estimate of drug-likeness (QED) is 0.628. The van der Waals surface area contributed by atoms with Crippen molar-refractivity contribution in [3.63, 3.8) is 0 Å². The molecule has 0 spiro atoms. The number of rotatable bonds is 3. The number of aromatic nitrogens is 5. The highest BCUT2D eigenvalue weighted by Gasteiger charge is 2.35. The van der Waals surface area contributed by atoms with E-state index >= 15 is 0 Å². The third-order valence-electron chi connectivity index (χ3n) is 4.63. The predicted molar refractivity (Wildman–Crippen MR) is 91.9 cm³/mol. The lowest BCUT2D eigenvalue weighted by atomic mass is 10.2. The van der Waals surface area contributed by atoms with Crippen LogP contribution in [-0.2, 0) is 18.8 Å². The number of aryl methyl sites for hydroxylation is 1. The Kier molecular flexibility index (Phi) is 4.90. The van der Waals surface area contributed by atoms with E-state index in [9.17, 15) is 31.1 Å². The third-order valence-corrected chi connectivity index (χ3v) is 4.63. The molecule has 13 heteroatoms. The molecule has 0 aliphatic heterocycles. The van der Waals surface area contributed by atoms with Crippen molar-refractivity contribution in [3.05, 3.63) is 65.3 Å². The van der Waals surface area contributed by atoms with Crippen molar-refractivity contribution < 1.29 is 31.1 Å². The van der Waals surface area contributed by atoms with Crippen LogP contribution in [0.4, 0.5) is 26.3 Å². The van der Waals surface area contributed by atoms with E-state index in [2.05, 4.69) is 25.4 Å². The van der Waals surface area contributed by atoms with Crippen LogP contribution < -0.4 is 5.32 Å². The Balaban J connectivity index is 1.55. The number of pyridine rings is 1. The molecule has 1 atom stereocenters. The van der Waals surface area contributed by atoms with E-state index in [0.717, 1.165) is 18.5 Å². The van der Waals surface area contributed by atoms with Gasteiger partial charge in [0.05, 0.1) is 29.8 Å². The summed E-state index contributed by atoms with van der Waals surface area (Å²) in [5.41, 5.74) is -1.62. The van der Waals surface area contributed by atoms with Gasteiger partial charge in [-0.1, -0.05) is 0 Å². The molecule has 31 heavy (non-hydrogen) atoms. The number of fused-ring (bicyclic) bond motifs is 1. The van der Waals surface area contributed by atoms with Gasteiger partial charge in [-0.15, -0.1) is 0 Å². The lowest BCUT2D eigenvalue weighted by Crippen LogP contribution is -2.28. The molecule has 1 unspecified atom stereocenters. The van der Waals surface area contributed by atoms with E-state index in [1.165, 1.54) is 16.9 Å². The average Bonchev–Trinajstić information content (AvgIpc) is 3.29. The van der Waals surface area contributed by atoms with E-state index in [1.54, 1.807) is 0 Å². The highest BCUT2D eigenvalue weighted by Crippen LogP contribution is 2.33. The molecule has 162 valence electrons. The first-order valence-electron chi connectivity index (χ1n) is 8.84. The van der Waals surface area contributed by atoms with Crippen LogP contribution in [-0.4, -0.2) is 30.6 Å². The van der Waals surface area contributed by atoms with Gasteiger partial charge < -0.3 is 5.32 Å². The van der Waals surface area contributed by atoms with Gasteiger partial charge in [0.2, 0.25) is 0 Å². The van der Waals surface area contributed by atoms with Gasteiger partial charge in [-0.25, -0.2) is 9.67 Å². The molecule has 0 radical (unpaired) electrons. The van der Waals surface area contributed by atoms with E-state index in [0.29, 0.717) is 30.3 Å². The molecule has 0 aromatic carbocycles. The van der Waals surface area contributed by atoms with Crippen LogP contribution in [0, 0.1) is 0 Å². The molecular formula is C18H12F6N6O. The smallest absolute Gasteiger partial charge is 0.344 e. The summed E-state index contributed by atoms with van der Waals surface area (Å²) in [5, 5.41) is 6.83. The summed E-state index contributed by atoms with van der Waals surface area (Å²) in [6.07, 6.45) is -4.59. The summed E-state index contributed by atoms with van der Waals surface area (Å²) < 4.78 is 78.3. The molecule has 0 fully saturated rings. The van der Waals surface area contributed by atoms with Crippen molar-refractivity contribution in [2.75, 3.05) is 0 Å². The Morgan fingerprint density at radius 2 is 1.84 bits per heavy atom. The fourth-order valence-electron chi connectivity index (χ4n) is 3.19. The Morgan fingerprint density at radius 3 is 2.55 bits per heavy atom. The number of carbonyl (C=O) groups excluding carboxylic acids is 1. The number of alkyl halides is 6. The van der Waals surface area contributed by atoms with Gasteiger partial charge in [0, 0.05) is 18.0 Å². The van der Waals surface area contributed by atoms with Gasteiger partial charge in [-0.05, 0) is 25.0 Å². The number of amides is 1. The Morgan fingerprint density at radius 1 is 1.10 bits per heavy atom. The zero-order valence-electron chi connectivity index (χ0n) is 15.4. The number of hydrogen-bond acceptors (Lipinski definition) is 5. The van der Waals surface area contributed by atoms with Gasteiger partial charge in [0.1, 0.15) is 11.4 Å². The molecule has 1 aliphatic carbocycles. The standard InChI is InChI=1S/C18H12F6N6O/c19-17(20,21)14-5-9(3-4-26-14)30-8-10-11(1-2-12(10)29-30)28-16(31)13-6-25-7-15(27-13)18(22,23)24/h3-8,11H,1-2H2,(H,28,31). The highest BCUT2D eigenvalue weighted by atomic mass is 19.4. The Labute approximate surface area is 170 Å². The molecular weight excluding hydrogens is 430 g/mol. The maximum Gasteiger partial charge on any atom is 0.434 e. The van der Waals surface area contributed by atoms with Gasteiger partial charge >= 0.3 is 12.4 Å². The van der Waals surface area contributed by atoms with E-state index in [1.807, 2.05) is 0 Å². The van der Waals surface area contributed by atoms with Crippen LogP contribution in [0.1, 0.15) is 45.6 Å². The SMILES string of the molecule is O=C(NC1CCc2nn(-c3ccnc(C(F)(F)F)c3)cc21)c1cncc(C(F)(F)F)n1. The number of nitrogens with one attached hydrogen (secondary N) is 1. The molecule has 1 aliphatic rings. The van der Waals surface area contributed by atoms with Crippen molar-refractivity contribution in [3.8, 4) is 5.69 Å². The zero-order chi connectivity index (χ0) is 22.4. The summed E-state index contributed by atoms with van der Waals surface area (Å²) in [7, 11) is 0. The first-order chi connectivity index (χ1) is 14.5. The highest BCUT2D eigenvalue weighted by molar-refractivity contribution is 5.92. The lowest BCUT2D eigenvalue weighted by Gasteiger charge is -2.13. The normalized spacial score (nSPS) is 16.3. The van der Waals surface area contributed by atoms with E-state index in [-0.39, 0.29) is 5.69 Å². The lowest BCUT2D eigenvalue weighted by molar-refractivity contribution is -0.142. The van der Waals surface area contributed by atoms with Crippen LogP contribution in [0.15, 0.2) is 36.9 Å². The monoisotopic (exact) mass is 442 g/mol. The molecule has 0 saturated heterocycles. The second-order valence-electron chi connectivity index (χ2n) is 6.72. The number of hydrogen-bond donors (Lipinski definition) is 1. The van der Waals surface area contributed by atoms with Crippen molar-refractivity contribution in [1.82, 2.24) is 30.0 Å². The van der Waals surface area contributed by atoms with Crippen molar-refractivity contribution >= 4 is 5.91 Å². The fraction of sp³-hybridized carbons (Fsp3) is 0.278. The summed E-state index contributed by atoms with van der Waals surface area (Å²) in [5.74, 6) is -0.854. The molecule has 1 N–H and O–H groups in total. The van der Waals surface area contributed by atoms with Gasteiger partial charge in [-0.3, -0.25) is 14.8 Å². The minimum absolute atomic E-state index is 0.130.